The maximum atomic E-state index is 12.8. The molecule has 1 aromatic carbocycles. The van der Waals surface area contributed by atoms with Gasteiger partial charge in [-0.3, -0.25) is 9.59 Å². The highest BCUT2D eigenvalue weighted by Crippen LogP contribution is 2.30. The molecule has 6 heteroatoms. The molecule has 4 N–H and O–H groups in total. The number of amides is 2. The summed E-state index contributed by atoms with van der Waals surface area (Å²) < 4.78 is 0. The summed E-state index contributed by atoms with van der Waals surface area (Å²) in [5, 5.41) is 2.97. The number of aromatic nitrogens is 1. The molecule has 144 valence electrons. The molecule has 0 aliphatic carbocycles. The van der Waals surface area contributed by atoms with Crippen LogP contribution in [0.2, 0.25) is 0 Å². The van der Waals surface area contributed by atoms with E-state index >= 15 is 0 Å². The van der Waals surface area contributed by atoms with E-state index in [9.17, 15) is 9.59 Å². The van der Waals surface area contributed by atoms with Gasteiger partial charge < -0.3 is 20.9 Å². The fourth-order valence-corrected chi connectivity index (χ4v) is 3.55. The smallest absolute Gasteiger partial charge is 0.272 e. The molecule has 1 saturated heterocycles. The summed E-state index contributed by atoms with van der Waals surface area (Å²) in [5.74, 6) is -0.200. The van der Waals surface area contributed by atoms with E-state index in [4.69, 9.17) is 5.73 Å². The van der Waals surface area contributed by atoms with E-state index < -0.39 is 5.91 Å². The average molecular weight is 368 g/mol. The number of carbonyl (C=O) groups excluding carboxylic acids is 2. The van der Waals surface area contributed by atoms with Crippen LogP contribution >= 0.6 is 0 Å². The summed E-state index contributed by atoms with van der Waals surface area (Å²) >= 11 is 0. The summed E-state index contributed by atoms with van der Waals surface area (Å²) in [6, 6.07) is 7.15. The minimum Gasteiger partial charge on any atom is -0.370 e. The van der Waals surface area contributed by atoms with Gasteiger partial charge in [0.05, 0.1) is 11.4 Å². The lowest BCUT2D eigenvalue weighted by Gasteiger charge is -2.30. The second-order valence-corrected chi connectivity index (χ2v) is 7.62. The molecule has 6 nitrogen and oxygen atoms in total. The lowest BCUT2D eigenvalue weighted by atomic mass is 10.1. The van der Waals surface area contributed by atoms with Crippen LogP contribution in [0.1, 0.15) is 59.5 Å². The Morgan fingerprint density at radius 1 is 1.19 bits per heavy atom. The highest BCUT2D eigenvalue weighted by molar-refractivity contribution is 6.06. The van der Waals surface area contributed by atoms with E-state index in [0.717, 1.165) is 43.6 Å². The second-order valence-electron chi connectivity index (χ2n) is 7.62. The Labute approximate surface area is 160 Å². The largest absolute Gasteiger partial charge is 0.370 e. The van der Waals surface area contributed by atoms with E-state index in [1.807, 2.05) is 18.3 Å². The zero-order valence-electron chi connectivity index (χ0n) is 16.0. The minimum atomic E-state index is -0.505. The zero-order valence-corrected chi connectivity index (χ0v) is 16.0. The lowest BCUT2D eigenvalue weighted by molar-refractivity contribution is 0.0995. The van der Waals surface area contributed by atoms with Crippen LogP contribution < -0.4 is 16.0 Å². The number of piperidine rings is 1. The van der Waals surface area contributed by atoms with Gasteiger partial charge in [-0.2, -0.15) is 0 Å². The minimum absolute atomic E-state index is 0.218. The molecule has 0 spiro atoms. The molecule has 2 amide bonds. The van der Waals surface area contributed by atoms with Gasteiger partial charge >= 0.3 is 0 Å². The first-order chi connectivity index (χ1) is 12.9. The number of primary amides is 1. The lowest BCUT2D eigenvalue weighted by Crippen LogP contribution is -2.30. The fraction of sp³-hybridized carbons (Fsp3) is 0.429. The zero-order chi connectivity index (χ0) is 19.4. The van der Waals surface area contributed by atoms with Crippen LogP contribution in [0.4, 0.5) is 11.4 Å². The van der Waals surface area contributed by atoms with Crippen LogP contribution in [0, 0.1) is 5.92 Å². The van der Waals surface area contributed by atoms with Crippen molar-refractivity contribution in [2.75, 3.05) is 23.3 Å². The number of aromatic amines is 1. The topological polar surface area (TPSA) is 91.2 Å². The van der Waals surface area contributed by atoms with Gasteiger partial charge in [0.15, 0.2) is 0 Å². The van der Waals surface area contributed by atoms with Gasteiger partial charge in [-0.25, -0.2) is 0 Å². The van der Waals surface area contributed by atoms with Crippen molar-refractivity contribution in [3.05, 3.63) is 47.3 Å². The Hall–Kier alpha value is -2.76. The molecule has 0 radical (unpaired) electrons. The van der Waals surface area contributed by atoms with E-state index in [1.54, 1.807) is 12.1 Å². The third-order valence-electron chi connectivity index (χ3n) is 4.86. The number of rotatable bonds is 6. The third kappa shape index (κ3) is 4.70. The van der Waals surface area contributed by atoms with Gasteiger partial charge in [-0.1, -0.05) is 13.8 Å². The Morgan fingerprint density at radius 3 is 2.59 bits per heavy atom. The quantitative estimate of drug-likeness (QED) is 0.728. The Balaban J connectivity index is 1.84. The predicted molar refractivity (Wildman–Crippen MR) is 108 cm³/mol. The van der Waals surface area contributed by atoms with Crippen LogP contribution in [-0.4, -0.2) is 29.9 Å². The first-order valence-corrected chi connectivity index (χ1v) is 9.61. The molecular formula is C21H28N4O2. The summed E-state index contributed by atoms with van der Waals surface area (Å²) in [6.45, 7) is 6.18. The van der Waals surface area contributed by atoms with E-state index in [-0.39, 0.29) is 5.91 Å². The molecule has 1 aromatic heterocycles. The molecule has 2 heterocycles. The van der Waals surface area contributed by atoms with Crippen LogP contribution in [0.15, 0.2) is 30.5 Å². The predicted octanol–water partition coefficient (Wildman–Crippen LogP) is 3.55. The Morgan fingerprint density at radius 2 is 1.93 bits per heavy atom. The van der Waals surface area contributed by atoms with Crippen molar-refractivity contribution in [3.8, 4) is 0 Å². The first kappa shape index (κ1) is 19.0. The van der Waals surface area contributed by atoms with Gasteiger partial charge in [0, 0.05) is 24.8 Å². The molecule has 0 saturated carbocycles. The van der Waals surface area contributed by atoms with E-state index in [0.29, 0.717) is 22.9 Å². The van der Waals surface area contributed by atoms with Crippen molar-refractivity contribution < 1.29 is 9.59 Å². The van der Waals surface area contributed by atoms with Crippen LogP contribution in [0.5, 0.6) is 0 Å². The maximum absolute atomic E-state index is 12.8. The number of carbonyl (C=O) groups is 2. The van der Waals surface area contributed by atoms with Gasteiger partial charge in [-0.05, 0) is 61.4 Å². The summed E-state index contributed by atoms with van der Waals surface area (Å²) in [6.07, 6.45) is 6.26. The van der Waals surface area contributed by atoms with Gasteiger partial charge in [0.25, 0.3) is 5.91 Å². The molecule has 0 atom stereocenters. The molecule has 1 fully saturated rings. The normalized spacial score (nSPS) is 14.4. The van der Waals surface area contributed by atoms with Crippen molar-refractivity contribution in [2.45, 2.75) is 39.5 Å². The molecule has 1 aliphatic rings. The number of H-pyrrole nitrogens is 1. The highest BCUT2D eigenvalue weighted by Gasteiger charge is 2.18. The van der Waals surface area contributed by atoms with Crippen LogP contribution in [0.3, 0.4) is 0 Å². The van der Waals surface area contributed by atoms with E-state index in [2.05, 4.69) is 29.0 Å². The van der Waals surface area contributed by atoms with Crippen molar-refractivity contribution in [3.63, 3.8) is 0 Å². The summed E-state index contributed by atoms with van der Waals surface area (Å²) in [7, 11) is 0. The second kappa shape index (κ2) is 8.29. The monoisotopic (exact) mass is 368 g/mol. The first-order valence-electron chi connectivity index (χ1n) is 9.61. The van der Waals surface area contributed by atoms with Gasteiger partial charge in [0.2, 0.25) is 5.91 Å². The SMILES string of the molecule is CC(C)Cc1c[nH]c(C(=O)Nc2cc(C(N)=O)ccc2N2CCCCC2)c1. The number of anilines is 2. The third-order valence-corrected chi connectivity index (χ3v) is 4.86. The van der Waals surface area contributed by atoms with Crippen molar-refractivity contribution >= 4 is 23.2 Å². The van der Waals surface area contributed by atoms with Gasteiger partial charge in [-0.15, -0.1) is 0 Å². The van der Waals surface area contributed by atoms with Crippen LogP contribution in [0.25, 0.3) is 0 Å². The van der Waals surface area contributed by atoms with Crippen molar-refractivity contribution in [1.82, 2.24) is 4.98 Å². The Bertz CT molecular complexity index is 819. The average Bonchev–Trinajstić information content (AvgIpc) is 3.10. The standard InChI is InChI=1S/C21H28N4O2/c1-14(2)10-15-11-18(23-13-15)21(27)24-17-12-16(20(22)26)6-7-19(17)25-8-4-3-5-9-25/h6-7,11-14,23H,3-5,8-10H2,1-2H3,(H2,22,26)(H,24,27). The molecule has 0 unspecified atom stereocenters. The van der Waals surface area contributed by atoms with Crippen molar-refractivity contribution in [1.29, 1.82) is 0 Å². The highest BCUT2D eigenvalue weighted by atomic mass is 16.2. The number of nitrogens with zero attached hydrogens (tertiary/aromatic N) is 1. The number of hydrogen-bond acceptors (Lipinski definition) is 3. The van der Waals surface area contributed by atoms with Gasteiger partial charge in [0.1, 0.15) is 5.69 Å². The fourth-order valence-electron chi connectivity index (χ4n) is 3.55. The van der Waals surface area contributed by atoms with Crippen molar-refractivity contribution in [2.24, 2.45) is 11.7 Å². The maximum Gasteiger partial charge on any atom is 0.272 e. The molecule has 2 aromatic rings. The molecule has 3 rings (SSSR count). The molecule has 0 bridgehead atoms. The molecule has 27 heavy (non-hydrogen) atoms. The summed E-state index contributed by atoms with van der Waals surface area (Å²) in [4.78, 5) is 29.6. The van der Waals surface area contributed by atoms with Crippen LogP contribution in [-0.2, 0) is 6.42 Å². The Kier molecular flexibility index (Phi) is 5.84. The number of benzene rings is 1. The number of hydrogen-bond donors (Lipinski definition) is 3. The number of nitrogens with one attached hydrogen (secondary N) is 2. The molecule has 1 aliphatic heterocycles. The number of nitrogens with two attached hydrogens (primary N) is 1. The molecular weight excluding hydrogens is 340 g/mol. The van der Waals surface area contributed by atoms with E-state index in [1.165, 1.54) is 6.42 Å². The summed E-state index contributed by atoms with van der Waals surface area (Å²) in [5.41, 5.74) is 9.00.